The molecule has 0 unspecified atom stereocenters. The first-order valence-corrected chi connectivity index (χ1v) is 7.73. The summed E-state index contributed by atoms with van der Waals surface area (Å²) in [6.07, 6.45) is 0. The molecule has 0 atom stereocenters. The van der Waals surface area contributed by atoms with Crippen molar-refractivity contribution in [3.63, 3.8) is 0 Å². The third-order valence-corrected chi connectivity index (χ3v) is 4.55. The fraction of sp³-hybridized carbons (Fsp3) is 0.0769. The minimum atomic E-state index is -4.16. The van der Waals surface area contributed by atoms with Gasteiger partial charge in [-0.15, -0.1) is 11.8 Å². The van der Waals surface area contributed by atoms with Crippen molar-refractivity contribution >= 4 is 21.9 Å². The van der Waals surface area contributed by atoms with E-state index in [1.807, 2.05) is 30.3 Å². The Morgan fingerprint density at radius 3 is 2.22 bits per heavy atom. The quantitative estimate of drug-likeness (QED) is 0.690. The largest absolute Gasteiger partial charge is 0.295 e. The molecule has 0 aliphatic rings. The van der Waals surface area contributed by atoms with E-state index in [9.17, 15) is 8.42 Å². The van der Waals surface area contributed by atoms with Gasteiger partial charge in [0.2, 0.25) is 0 Å². The van der Waals surface area contributed by atoms with Crippen molar-refractivity contribution in [2.24, 2.45) is 0 Å². The van der Waals surface area contributed by atoms with E-state index in [1.165, 1.54) is 17.8 Å². The molecular formula is C13H12O3S2. The predicted octanol–water partition coefficient (Wildman–Crippen LogP) is 3.23. The van der Waals surface area contributed by atoms with Gasteiger partial charge in [0.05, 0.1) is 0 Å². The van der Waals surface area contributed by atoms with Gasteiger partial charge in [-0.3, -0.25) is 4.55 Å². The Bertz CT molecular complexity index is 622. The molecule has 0 fully saturated rings. The third-order valence-electron chi connectivity index (χ3n) is 2.36. The number of benzene rings is 2. The van der Waals surface area contributed by atoms with Crippen molar-refractivity contribution in [1.29, 1.82) is 0 Å². The van der Waals surface area contributed by atoms with Gasteiger partial charge < -0.3 is 0 Å². The van der Waals surface area contributed by atoms with Crippen LogP contribution in [-0.4, -0.2) is 13.0 Å². The third kappa shape index (κ3) is 3.35. The molecule has 0 spiro atoms. The van der Waals surface area contributed by atoms with E-state index in [1.54, 1.807) is 18.2 Å². The van der Waals surface area contributed by atoms with Crippen LogP contribution in [0, 0.1) is 0 Å². The molecule has 2 rings (SSSR count). The lowest BCUT2D eigenvalue weighted by Crippen LogP contribution is -1.99. The smallest absolute Gasteiger partial charge is 0.282 e. The summed E-state index contributed by atoms with van der Waals surface area (Å²) < 4.78 is 31.5. The summed E-state index contributed by atoms with van der Waals surface area (Å²) in [5.41, 5.74) is 1.10. The minimum absolute atomic E-state index is 0.0362. The summed E-state index contributed by atoms with van der Waals surface area (Å²) in [5, 5.41) is 0. The van der Waals surface area contributed by atoms with Gasteiger partial charge in [0.1, 0.15) is 4.90 Å². The maximum absolute atomic E-state index is 11.2. The molecule has 5 heteroatoms. The average Bonchev–Trinajstić information content (AvgIpc) is 2.37. The number of thioether (sulfide) groups is 1. The molecule has 2 aromatic carbocycles. The molecule has 18 heavy (non-hydrogen) atoms. The van der Waals surface area contributed by atoms with E-state index in [2.05, 4.69) is 0 Å². The van der Waals surface area contributed by atoms with Crippen LogP contribution >= 0.6 is 11.8 Å². The van der Waals surface area contributed by atoms with Crippen molar-refractivity contribution in [3.05, 3.63) is 60.2 Å². The van der Waals surface area contributed by atoms with E-state index in [0.29, 0.717) is 10.6 Å². The predicted molar refractivity (Wildman–Crippen MR) is 72.3 cm³/mol. The van der Waals surface area contributed by atoms with Crippen LogP contribution in [-0.2, 0) is 15.9 Å². The molecule has 2 aromatic rings. The Balaban J connectivity index is 2.20. The van der Waals surface area contributed by atoms with Gasteiger partial charge in [-0.2, -0.15) is 8.42 Å². The van der Waals surface area contributed by atoms with Crippen molar-refractivity contribution in [2.75, 3.05) is 0 Å². The Morgan fingerprint density at radius 1 is 0.944 bits per heavy atom. The maximum atomic E-state index is 11.2. The standard InChI is InChI=1S/C13H12O3S2/c14-18(15,16)13-9-5-4-8-12(13)17-10-11-6-2-1-3-7-11/h1-9H,10H2,(H,14,15,16). The van der Waals surface area contributed by atoms with Crippen LogP contribution < -0.4 is 0 Å². The lowest BCUT2D eigenvalue weighted by Gasteiger charge is -2.06. The molecular weight excluding hydrogens is 268 g/mol. The summed E-state index contributed by atoms with van der Waals surface area (Å²) in [5.74, 6) is 0.660. The Labute approximate surface area is 111 Å². The van der Waals surface area contributed by atoms with E-state index < -0.39 is 10.1 Å². The van der Waals surface area contributed by atoms with Crippen LogP contribution in [0.3, 0.4) is 0 Å². The van der Waals surface area contributed by atoms with E-state index in [4.69, 9.17) is 4.55 Å². The van der Waals surface area contributed by atoms with Crippen molar-refractivity contribution in [2.45, 2.75) is 15.5 Å². The van der Waals surface area contributed by atoms with E-state index in [0.717, 1.165) is 5.56 Å². The van der Waals surface area contributed by atoms with Crippen LogP contribution in [0.5, 0.6) is 0 Å². The summed E-state index contributed by atoms with van der Waals surface area (Å²) in [7, 11) is -4.16. The monoisotopic (exact) mass is 280 g/mol. The van der Waals surface area contributed by atoms with Crippen molar-refractivity contribution < 1.29 is 13.0 Å². The summed E-state index contributed by atoms with van der Waals surface area (Å²) >= 11 is 1.39. The minimum Gasteiger partial charge on any atom is -0.282 e. The molecule has 0 radical (unpaired) electrons. The lowest BCUT2D eigenvalue weighted by molar-refractivity contribution is 0.481. The van der Waals surface area contributed by atoms with Gasteiger partial charge in [-0.25, -0.2) is 0 Å². The lowest BCUT2D eigenvalue weighted by atomic mass is 10.2. The normalized spacial score (nSPS) is 11.4. The first-order valence-electron chi connectivity index (χ1n) is 5.30. The van der Waals surface area contributed by atoms with E-state index >= 15 is 0 Å². The highest BCUT2D eigenvalue weighted by molar-refractivity contribution is 7.99. The van der Waals surface area contributed by atoms with Crippen LogP contribution in [0.4, 0.5) is 0 Å². The Morgan fingerprint density at radius 2 is 1.56 bits per heavy atom. The Kier molecular flexibility index (Phi) is 4.06. The SMILES string of the molecule is O=S(=O)(O)c1ccccc1SCc1ccccc1. The number of hydrogen-bond acceptors (Lipinski definition) is 3. The van der Waals surface area contributed by atoms with Gasteiger partial charge in [0.15, 0.2) is 0 Å². The van der Waals surface area contributed by atoms with Crippen LogP contribution in [0.15, 0.2) is 64.4 Å². The maximum Gasteiger partial charge on any atom is 0.295 e. The van der Waals surface area contributed by atoms with Gasteiger partial charge in [0.25, 0.3) is 10.1 Å². The topological polar surface area (TPSA) is 54.4 Å². The second-order valence-corrected chi connectivity index (χ2v) is 6.10. The van der Waals surface area contributed by atoms with Crippen molar-refractivity contribution in [1.82, 2.24) is 0 Å². The fourth-order valence-corrected chi connectivity index (χ4v) is 3.48. The second kappa shape index (κ2) is 5.56. The van der Waals surface area contributed by atoms with E-state index in [-0.39, 0.29) is 4.90 Å². The average molecular weight is 280 g/mol. The van der Waals surface area contributed by atoms with Gasteiger partial charge in [0, 0.05) is 10.6 Å². The molecule has 0 saturated heterocycles. The molecule has 0 aromatic heterocycles. The zero-order valence-electron chi connectivity index (χ0n) is 9.48. The molecule has 3 nitrogen and oxygen atoms in total. The molecule has 0 amide bonds. The summed E-state index contributed by atoms with van der Waals surface area (Å²) in [6.45, 7) is 0. The number of rotatable bonds is 4. The highest BCUT2D eigenvalue weighted by Gasteiger charge is 2.14. The second-order valence-electron chi connectivity index (χ2n) is 3.70. The van der Waals surface area contributed by atoms with Crippen LogP contribution in [0.25, 0.3) is 0 Å². The number of hydrogen-bond donors (Lipinski definition) is 1. The highest BCUT2D eigenvalue weighted by atomic mass is 32.2. The zero-order chi connectivity index (χ0) is 13.0. The first kappa shape index (κ1) is 13.1. The molecule has 0 bridgehead atoms. The van der Waals surface area contributed by atoms with Gasteiger partial charge >= 0.3 is 0 Å². The summed E-state index contributed by atoms with van der Waals surface area (Å²) in [4.78, 5) is 0.523. The highest BCUT2D eigenvalue weighted by Crippen LogP contribution is 2.28. The first-order chi connectivity index (χ1) is 8.57. The molecule has 0 aliphatic carbocycles. The molecule has 0 heterocycles. The molecule has 0 saturated carbocycles. The molecule has 94 valence electrons. The molecule has 0 aliphatic heterocycles. The fourth-order valence-electron chi connectivity index (χ4n) is 1.52. The Hall–Kier alpha value is -1.30. The van der Waals surface area contributed by atoms with Crippen LogP contribution in [0.1, 0.15) is 5.56 Å². The van der Waals surface area contributed by atoms with Crippen LogP contribution in [0.2, 0.25) is 0 Å². The van der Waals surface area contributed by atoms with Gasteiger partial charge in [-0.05, 0) is 17.7 Å². The zero-order valence-corrected chi connectivity index (χ0v) is 11.1. The molecule has 1 N–H and O–H groups in total. The van der Waals surface area contributed by atoms with Crippen molar-refractivity contribution in [3.8, 4) is 0 Å². The van der Waals surface area contributed by atoms with Gasteiger partial charge in [-0.1, -0.05) is 42.5 Å². The summed E-state index contributed by atoms with van der Waals surface area (Å²) in [6, 6.07) is 16.2.